The van der Waals surface area contributed by atoms with E-state index in [1.54, 1.807) is 6.07 Å². The Balaban J connectivity index is 2.60. The summed E-state index contributed by atoms with van der Waals surface area (Å²) in [6, 6.07) is 3.70. The maximum atomic E-state index is 11.2. The largest absolute Gasteiger partial charge is 0.465 e. The number of hydrogen-bond donors (Lipinski definition) is 1. The molecule has 16 heavy (non-hydrogen) atoms. The lowest BCUT2D eigenvalue weighted by molar-refractivity contribution is 0.0606. The van der Waals surface area contributed by atoms with Crippen molar-refractivity contribution in [3.05, 3.63) is 21.9 Å². The van der Waals surface area contributed by atoms with Crippen molar-refractivity contribution in [1.82, 2.24) is 4.90 Å². The van der Waals surface area contributed by atoms with Crippen LogP contribution in [-0.4, -0.2) is 42.8 Å². The number of esters is 1. The van der Waals surface area contributed by atoms with Gasteiger partial charge in [0, 0.05) is 18.0 Å². The highest BCUT2D eigenvalue weighted by Gasteiger charge is 2.10. The number of methoxy groups -OCH3 is 1. The summed E-state index contributed by atoms with van der Waals surface area (Å²) >= 11 is 1.44. The Morgan fingerprint density at radius 1 is 1.56 bits per heavy atom. The van der Waals surface area contributed by atoms with E-state index in [2.05, 4.69) is 9.64 Å². The second-order valence-corrected chi connectivity index (χ2v) is 4.52. The quantitative estimate of drug-likeness (QED) is 0.766. The van der Waals surface area contributed by atoms with Crippen molar-refractivity contribution in [3.8, 4) is 0 Å². The minimum Gasteiger partial charge on any atom is -0.465 e. The summed E-state index contributed by atoms with van der Waals surface area (Å²) < 4.78 is 4.65. The van der Waals surface area contributed by atoms with E-state index in [4.69, 9.17) is 5.11 Å². The van der Waals surface area contributed by atoms with Crippen molar-refractivity contribution in [3.63, 3.8) is 0 Å². The van der Waals surface area contributed by atoms with Crippen molar-refractivity contribution in [1.29, 1.82) is 0 Å². The molecule has 0 atom stereocenters. The van der Waals surface area contributed by atoms with E-state index in [0.29, 0.717) is 11.4 Å². The molecule has 0 fully saturated rings. The molecular formula is C11H17NO3S. The number of nitrogens with zero attached hydrogens (tertiary/aromatic N) is 1. The Morgan fingerprint density at radius 3 is 2.88 bits per heavy atom. The molecule has 1 aromatic rings. The molecule has 0 saturated heterocycles. The van der Waals surface area contributed by atoms with Gasteiger partial charge in [0.05, 0.1) is 13.7 Å². The zero-order valence-electron chi connectivity index (χ0n) is 9.60. The van der Waals surface area contributed by atoms with Crippen LogP contribution in [0.2, 0.25) is 0 Å². The van der Waals surface area contributed by atoms with Gasteiger partial charge < -0.3 is 9.84 Å². The van der Waals surface area contributed by atoms with E-state index < -0.39 is 0 Å². The molecule has 0 radical (unpaired) electrons. The van der Waals surface area contributed by atoms with E-state index in [1.807, 2.05) is 13.0 Å². The fraction of sp³-hybridized carbons (Fsp3) is 0.545. The summed E-state index contributed by atoms with van der Waals surface area (Å²) in [6.07, 6.45) is 0. The molecule has 0 amide bonds. The average Bonchev–Trinajstić information content (AvgIpc) is 2.76. The van der Waals surface area contributed by atoms with E-state index in [1.165, 1.54) is 18.4 Å². The molecule has 1 rings (SSSR count). The summed E-state index contributed by atoms with van der Waals surface area (Å²) in [4.78, 5) is 15.1. The standard InChI is InChI=1S/C11H17NO3S/c1-3-12(6-7-13)8-9-4-5-10(16-9)11(14)15-2/h4-5,13H,3,6-8H2,1-2H3. The lowest BCUT2D eigenvalue weighted by atomic mass is 10.4. The first-order chi connectivity index (χ1) is 7.71. The van der Waals surface area contributed by atoms with Crippen LogP contribution >= 0.6 is 11.3 Å². The van der Waals surface area contributed by atoms with Gasteiger partial charge in [-0.15, -0.1) is 11.3 Å². The fourth-order valence-electron chi connectivity index (χ4n) is 1.38. The summed E-state index contributed by atoms with van der Waals surface area (Å²) in [5.74, 6) is -0.290. The molecule has 0 aliphatic rings. The summed E-state index contributed by atoms with van der Waals surface area (Å²) in [5, 5.41) is 8.86. The third-order valence-electron chi connectivity index (χ3n) is 2.29. The van der Waals surface area contributed by atoms with E-state index in [0.717, 1.165) is 18.0 Å². The van der Waals surface area contributed by atoms with Crippen molar-refractivity contribution in [2.45, 2.75) is 13.5 Å². The molecule has 0 bridgehead atoms. The van der Waals surface area contributed by atoms with Gasteiger partial charge in [0.25, 0.3) is 0 Å². The van der Waals surface area contributed by atoms with Gasteiger partial charge in [-0.2, -0.15) is 0 Å². The number of aliphatic hydroxyl groups is 1. The molecule has 4 nitrogen and oxygen atoms in total. The molecule has 1 N–H and O–H groups in total. The van der Waals surface area contributed by atoms with Gasteiger partial charge in [0.1, 0.15) is 4.88 Å². The molecular weight excluding hydrogens is 226 g/mol. The van der Waals surface area contributed by atoms with Crippen LogP contribution in [0.5, 0.6) is 0 Å². The molecule has 1 heterocycles. The monoisotopic (exact) mass is 243 g/mol. The summed E-state index contributed by atoms with van der Waals surface area (Å²) in [7, 11) is 1.38. The maximum absolute atomic E-state index is 11.2. The number of aliphatic hydroxyl groups excluding tert-OH is 1. The summed E-state index contributed by atoms with van der Waals surface area (Å²) in [6.45, 7) is 4.50. The Morgan fingerprint density at radius 2 is 2.31 bits per heavy atom. The average molecular weight is 243 g/mol. The second kappa shape index (κ2) is 6.62. The van der Waals surface area contributed by atoms with Crippen LogP contribution in [0.1, 0.15) is 21.5 Å². The number of carbonyl (C=O) groups is 1. The zero-order valence-corrected chi connectivity index (χ0v) is 10.4. The van der Waals surface area contributed by atoms with Gasteiger partial charge in [0.2, 0.25) is 0 Å². The van der Waals surface area contributed by atoms with Crippen LogP contribution in [0.25, 0.3) is 0 Å². The predicted octanol–water partition coefficient (Wildman–Crippen LogP) is 1.35. The summed E-state index contributed by atoms with van der Waals surface area (Å²) in [5.41, 5.74) is 0. The SMILES string of the molecule is CCN(CCO)Cc1ccc(C(=O)OC)s1. The van der Waals surface area contributed by atoms with Crippen LogP contribution in [0.15, 0.2) is 12.1 Å². The van der Waals surface area contributed by atoms with Gasteiger partial charge >= 0.3 is 5.97 Å². The molecule has 0 unspecified atom stereocenters. The Kier molecular flexibility index (Phi) is 5.45. The molecule has 1 aromatic heterocycles. The van der Waals surface area contributed by atoms with Crippen LogP contribution < -0.4 is 0 Å². The number of ether oxygens (including phenoxy) is 1. The molecule has 0 aromatic carbocycles. The lowest BCUT2D eigenvalue weighted by Crippen LogP contribution is -2.25. The molecule has 0 aliphatic heterocycles. The predicted molar refractivity (Wildman–Crippen MR) is 63.7 cm³/mol. The molecule has 0 aliphatic carbocycles. The van der Waals surface area contributed by atoms with Crippen molar-refractivity contribution >= 4 is 17.3 Å². The normalized spacial score (nSPS) is 10.8. The van der Waals surface area contributed by atoms with Crippen LogP contribution in [0.3, 0.4) is 0 Å². The number of likely N-dealkylation sites (N-methyl/N-ethyl adjacent to an activating group) is 1. The van der Waals surface area contributed by atoms with Gasteiger partial charge in [-0.05, 0) is 18.7 Å². The molecule has 0 spiro atoms. The zero-order chi connectivity index (χ0) is 12.0. The first kappa shape index (κ1) is 13.2. The number of thiophene rings is 1. The van der Waals surface area contributed by atoms with E-state index >= 15 is 0 Å². The van der Waals surface area contributed by atoms with Gasteiger partial charge in [0.15, 0.2) is 0 Å². The molecule has 90 valence electrons. The van der Waals surface area contributed by atoms with Crippen LogP contribution in [-0.2, 0) is 11.3 Å². The molecule has 0 saturated carbocycles. The van der Waals surface area contributed by atoms with Crippen LogP contribution in [0.4, 0.5) is 0 Å². The number of rotatable bonds is 6. The highest BCUT2D eigenvalue weighted by atomic mass is 32.1. The van der Waals surface area contributed by atoms with Crippen molar-refractivity contribution in [2.75, 3.05) is 26.8 Å². The third-order valence-corrected chi connectivity index (χ3v) is 3.34. The Bertz CT molecular complexity index is 338. The van der Waals surface area contributed by atoms with E-state index in [-0.39, 0.29) is 12.6 Å². The number of carbonyl (C=O) groups excluding carboxylic acids is 1. The highest BCUT2D eigenvalue weighted by molar-refractivity contribution is 7.13. The highest BCUT2D eigenvalue weighted by Crippen LogP contribution is 2.18. The number of hydrogen-bond acceptors (Lipinski definition) is 5. The lowest BCUT2D eigenvalue weighted by Gasteiger charge is -2.17. The minimum absolute atomic E-state index is 0.156. The minimum atomic E-state index is -0.290. The van der Waals surface area contributed by atoms with E-state index in [9.17, 15) is 4.79 Å². The van der Waals surface area contributed by atoms with Crippen molar-refractivity contribution < 1.29 is 14.6 Å². The van der Waals surface area contributed by atoms with Gasteiger partial charge in [-0.1, -0.05) is 6.92 Å². The fourth-order valence-corrected chi connectivity index (χ4v) is 2.35. The maximum Gasteiger partial charge on any atom is 0.348 e. The van der Waals surface area contributed by atoms with Crippen LogP contribution in [0, 0.1) is 0 Å². The first-order valence-corrected chi connectivity index (χ1v) is 6.03. The smallest absolute Gasteiger partial charge is 0.348 e. The van der Waals surface area contributed by atoms with Gasteiger partial charge in [-0.25, -0.2) is 4.79 Å². The second-order valence-electron chi connectivity index (χ2n) is 3.35. The van der Waals surface area contributed by atoms with Gasteiger partial charge in [-0.3, -0.25) is 4.90 Å². The topological polar surface area (TPSA) is 49.8 Å². The Hall–Kier alpha value is -0.910. The van der Waals surface area contributed by atoms with Crippen molar-refractivity contribution in [2.24, 2.45) is 0 Å². The molecule has 5 heteroatoms. The Labute approximate surface area is 99.5 Å². The third kappa shape index (κ3) is 3.59. The first-order valence-electron chi connectivity index (χ1n) is 5.21.